The fourth-order valence-electron chi connectivity index (χ4n) is 1.60. The van der Waals surface area contributed by atoms with E-state index in [9.17, 15) is 4.79 Å². The standard InChI is InChI=1S/C13H20N2OS/c1-9(2)17-11-7-5-10(6-8-11)12(14-3)13(16)15-4/h5-9,12,14H,1-4H3,(H,15,16). The average molecular weight is 252 g/mol. The van der Waals surface area contributed by atoms with Gasteiger partial charge in [-0.15, -0.1) is 11.8 Å². The third-order valence-corrected chi connectivity index (χ3v) is 3.40. The van der Waals surface area contributed by atoms with E-state index in [1.54, 1.807) is 14.1 Å². The van der Waals surface area contributed by atoms with E-state index in [4.69, 9.17) is 0 Å². The quantitative estimate of drug-likeness (QED) is 0.789. The van der Waals surface area contributed by atoms with Gasteiger partial charge < -0.3 is 10.6 Å². The molecule has 0 aromatic heterocycles. The minimum atomic E-state index is -0.280. The lowest BCUT2D eigenvalue weighted by molar-refractivity contribution is -0.122. The summed E-state index contributed by atoms with van der Waals surface area (Å²) < 4.78 is 0. The minimum absolute atomic E-state index is 0.0169. The van der Waals surface area contributed by atoms with Gasteiger partial charge in [-0.1, -0.05) is 26.0 Å². The second kappa shape index (κ2) is 6.67. The number of rotatable bonds is 5. The number of hydrogen-bond acceptors (Lipinski definition) is 3. The van der Waals surface area contributed by atoms with Gasteiger partial charge in [0.1, 0.15) is 6.04 Å². The van der Waals surface area contributed by atoms with Crippen molar-refractivity contribution in [3.63, 3.8) is 0 Å². The highest BCUT2D eigenvalue weighted by Gasteiger charge is 2.16. The number of benzene rings is 1. The number of thioether (sulfide) groups is 1. The van der Waals surface area contributed by atoms with Gasteiger partial charge in [-0.2, -0.15) is 0 Å². The lowest BCUT2D eigenvalue weighted by Crippen LogP contribution is -2.33. The van der Waals surface area contributed by atoms with E-state index in [2.05, 4.69) is 36.6 Å². The maximum atomic E-state index is 11.6. The van der Waals surface area contributed by atoms with Crippen LogP contribution in [0.5, 0.6) is 0 Å². The molecule has 17 heavy (non-hydrogen) atoms. The van der Waals surface area contributed by atoms with Crippen LogP contribution in [-0.4, -0.2) is 25.3 Å². The molecule has 0 aliphatic rings. The summed E-state index contributed by atoms with van der Waals surface area (Å²) in [4.78, 5) is 12.9. The van der Waals surface area contributed by atoms with Gasteiger partial charge >= 0.3 is 0 Å². The van der Waals surface area contributed by atoms with Gasteiger partial charge in [0.2, 0.25) is 5.91 Å². The minimum Gasteiger partial charge on any atom is -0.358 e. The molecule has 0 saturated heterocycles. The largest absolute Gasteiger partial charge is 0.358 e. The van der Waals surface area contributed by atoms with Crippen LogP contribution in [0.3, 0.4) is 0 Å². The van der Waals surface area contributed by atoms with Crippen LogP contribution < -0.4 is 10.6 Å². The molecule has 1 amide bonds. The van der Waals surface area contributed by atoms with Crippen molar-refractivity contribution in [2.75, 3.05) is 14.1 Å². The molecule has 0 spiro atoms. The van der Waals surface area contributed by atoms with Crippen molar-refractivity contribution in [1.82, 2.24) is 10.6 Å². The van der Waals surface area contributed by atoms with Crippen molar-refractivity contribution >= 4 is 17.7 Å². The monoisotopic (exact) mass is 252 g/mol. The van der Waals surface area contributed by atoms with Crippen LogP contribution >= 0.6 is 11.8 Å². The molecule has 0 saturated carbocycles. The summed E-state index contributed by atoms with van der Waals surface area (Å²) in [6, 6.07) is 7.85. The lowest BCUT2D eigenvalue weighted by atomic mass is 10.1. The maximum absolute atomic E-state index is 11.6. The van der Waals surface area contributed by atoms with Crippen LogP contribution in [0.25, 0.3) is 0 Å². The number of carbonyl (C=O) groups is 1. The smallest absolute Gasteiger partial charge is 0.241 e. The molecule has 0 bridgehead atoms. The highest BCUT2D eigenvalue weighted by Crippen LogP contribution is 2.24. The van der Waals surface area contributed by atoms with E-state index >= 15 is 0 Å². The Kier molecular flexibility index (Phi) is 5.51. The van der Waals surface area contributed by atoms with Crippen LogP contribution in [0.1, 0.15) is 25.5 Å². The number of nitrogens with one attached hydrogen (secondary N) is 2. The summed E-state index contributed by atoms with van der Waals surface area (Å²) in [6.45, 7) is 4.33. The van der Waals surface area contributed by atoms with Gasteiger partial charge in [0.25, 0.3) is 0 Å². The Hall–Kier alpha value is -1.00. The van der Waals surface area contributed by atoms with Crippen LogP contribution in [0.15, 0.2) is 29.2 Å². The summed E-state index contributed by atoms with van der Waals surface area (Å²) in [5.41, 5.74) is 0.986. The molecule has 0 heterocycles. The molecule has 0 fully saturated rings. The molecule has 3 nitrogen and oxygen atoms in total. The zero-order valence-corrected chi connectivity index (χ0v) is 11.6. The summed E-state index contributed by atoms with van der Waals surface area (Å²) in [7, 11) is 3.44. The van der Waals surface area contributed by atoms with E-state index in [1.165, 1.54) is 4.90 Å². The average Bonchev–Trinajstić information content (AvgIpc) is 2.31. The van der Waals surface area contributed by atoms with Gasteiger partial charge in [-0.25, -0.2) is 0 Å². The maximum Gasteiger partial charge on any atom is 0.241 e. The topological polar surface area (TPSA) is 41.1 Å². The summed E-state index contributed by atoms with van der Waals surface area (Å²) in [6.07, 6.45) is 0. The predicted octanol–water partition coefficient (Wildman–Crippen LogP) is 2.19. The van der Waals surface area contributed by atoms with Crippen LogP contribution in [0, 0.1) is 0 Å². The first-order chi connectivity index (χ1) is 8.08. The first-order valence-corrected chi connectivity index (χ1v) is 6.62. The number of amides is 1. The van der Waals surface area contributed by atoms with Crippen molar-refractivity contribution < 1.29 is 4.79 Å². The molecule has 94 valence electrons. The zero-order valence-electron chi connectivity index (χ0n) is 10.8. The molecular formula is C13H20N2OS. The van der Waals surface area contributed by atoms with Gasteiger partial charge in [-0.3, -0.25) is 4.79 Å². The van der Waals surface area contributed by atoms with E-state index < -0.39 is 0 Å². The van der Waals surface area contributed by atoms with Crippen molar-refractivity contribution in [3.05, 3.63) is 29.8 Å². The number of hydrogen-bond donors (Lipinski definition) is 2. The van der Waals surface area contributed by atoms with Crippen molar-refractivity contribution in [2.45, 2.75) is 30.0 Å². The molecule has 1 aromatic rings. The van der Waals surface area contributed by atoms with Crippen molar-refractivity contribution in [2.24, 2.45) is 0 Å². The third kappa shape index (κ3) is 4.06. The van der Waals surface area contributed by atoms with Crippen molar-refractivity contribution in [3.8, 4) is 0 Å². The molecule has 4 heteroatoms. The molecule has 2 N–H and O–H groups in total. The lowest BCUT2D eigenvalue weighted by Gasteiger charge is -2.15. The summed E-state index contributed by atoms with van der Waals surface area (Å²) in [5, 5.41) is 6.23. The van der Waals surface area contributed by atoms with E-state index in [-0.39, 0.29) is 11.9 Å². The molecule has 1 aromatic carbocycles. The van der Waals surface area contributed by atoms with E-state index in [0.29, 0.717) is 5.25 Å². The van der Waals surface area contributed by atoms with Crippen LogP contribution in [0.4, 0.5) is 0 Å². The number of likely N-dealkylation sites (N-methyl/N-ethyl adjacent to an activating group) is 2. The van der Waals surface area contributed by atoms with Gasteiger partial charge in [-0.05, 0) is 24.7 Å². The molecule has 0 aliphatic carbocycles. The highest BCUT2D eigenvalue weighted by atomic mass is 32.2. The fourth-order valence-corrected chi connectivity index (χ4v) is 2.44. The fraction of sp³-hybridized carbons (Fsp3) is 0.462. The highest BCUT2D eigenvalue weighted by molar-refractivity contribution is 7.99. The molecule has 1 rings (SSSR count). The number of carbonyl (C=O) groups excluding carboxylic acids is 1. The molecular weight excluding hydrogens is 232 g/mol. The Morgan fingerprint density at radius 3 is 2.18 bits per heavy atom. The SMILES string of the molecule is CNC(=O)C(NC)c1ccc(SC(C)C)cc1. The first kappa shape index (κ1) is 14.1. The van der Waals surface area contributed by atoms with E-state index in [1.807, 2.05) is 23.9 Å². The Labute approximate surface area is 107 Å². The second-order valence-corrected chi connectivity index (χ2v) is 5.72. The Morgan fingerprint density at radius 2 is 1.76 bits per heavy atom. The third-order valence-electron chi connectivity index (χ3n) is 2.38. The Balaban J connectivity index is 2.81. The molecule has 1 atom stereocenters. The van der Waals surface area contributed by atoms with Gasteiger partial charge in [0, 0.05) is 17.2 Å². The molecule has 0 aliphatic heterocycles. The zero-order chi connectivity index (χ0) is 12.8. The first-order valence-electron chi connectivity index (χ1n) is 5.74. The van der Waals surface area contributed by atoms with Gasteiger partial charge in [0.05, 0.1) is 0 Å². The molecule has 1 unspecified atom stereocenters. The van der Waals surface area contributed by atoms with Gasteiger partial charge in [0.15, 0.2) is 0 Å². The van der Waals surface area contributed by atoms with Crippen LogP contribution in [-0.2, 0) is 4.79 Å². The summed E-state index contributed by atoms with van der Waals surface area (Å²) >= 11 is 1.82. The Bertz CT molecular complexity index is 362. The van der Waals surface area contributed by atoms with Crippen molar-refractivity contribution in [1.29, 1.82) is 0 Å². The Morgan fingerprint density at radius 1 is 1.18 bits per heavy atom. The molecule has 0 radical (unpaired) electrons. The van der Waals surface area contributed by atoms with E-state index in [0.717, 1.165) is 5.56 Å². The normalized spacial score (nSPS) is 12.5. The summed E-state index contributed by atoms with van der Waals surface area (Å²) in [5.74, 6) is -0.0169. The van der Waals surface area contributed by atoms with Crippen LogP contribution in [0.2, 0.25) is 0 Å². The second-order valence-electron chi connectivity index (χ2n) is 4.07. The predicted molar refractivity (Wildman–Crippen MR) is 73.3 cm³/mol.